The van der Waals surface area contributed by atoms with Crippen molar-refractivity contribution >= 4 is 11.9 Å². The van der Waals surface area contributed by atoms with Crippen LogP contribution in [-0.2, 0) is 14.3 Å². The summed E-state index contributed by atoms with van der Waals surface area (Å²) in [6.45, 7) is 4.42. The van der Waals surface area contributed by atoms with Gasteiger partial charge in [-0.1, -0.05) is 149 Å². The van der Waals surface area contributed by atoms with Crippen molar-refractivity contribution < 1.29 is 29.6 Å². The van der Waals surface area contributed by atoms with Crippen LogP contribution in [0.3, 0.4) is 0 Å². The molecule has 0 radical (unpaired) electrons. The van der Waals surface area contributed by atoms with Gasteiger partial charge in [-0.05, 0) is 32.1 Å². The molecule has 0 heterocycles. The maximum Gasteiger partial charge on any atom is 0.306 e. The standard InChI is InChI=1S/C36H70O6/c1-3-5-7-9-10-11-12-13-14-15-16-17-18-22-26-30-36(41)42-34(28-24-20-19-21-25-29-35(39)40)33(38)31-32(37)27-23-8-6-4-2/h32-34,37-38H,3-31H2,1-2H3,(H,39,40). The van der Waals surface area contributed by atoms with Gasteiger partial charge in [0, 0.05) is 19.3 Å². The van der Waals surface area contributed by atoms with Gasteiger partial charge in [-0.15, -0.1) is 0 Å². The molecule has 0 spiro atoms. The van der Waals surface area contributed by atoms with Crippen molar-refractivity contribution in [1.82, 2.24) is 0 Å². The number of ether oxygens (including phenoxy) is 1. The van der Waals surface area contributed by atoms with E-state index in [1.165, 1.54) is 77.0 Å². The Hall–Kier alpha value is -1.14. The number of esters is 1. The van der Waals surface area contributed by atoms with E-state index in [2.05, 4.69) is 13.8 Å². The van der Waals surface area contributed by atoms with Crippen molar-refractivity contribution in [3.8, 4) is 0 Å². The van der Waals surface area contributed by atoms with Gasteiger partial charge in [-0.3, -0.25) is 9.59 Å². The minimum atomic E-state index is -0.858. The lowest BCUT2D eigenvalue weighted by Gasteiger charge is -2.25. The molecule has 0 fully saturated rings. The molecule has 0 amide bonds. The van der Waals surface area contributed by atoms with E-state index < -0.39 is 24.3 Å². The third-order valence-electron chi connectivity index (χ3n) is 8.48. The highest BCUT2D eigenvalue weighted by Gasteiger charge is 2.25. The molecule has 3 unspecified atom stereocenters. The van der Waals surface area contributed by atoms with Crippen molar-refractivity contribution in [3.63, 3.8) is 0 Å². The Kier molecular flexibility index (Phi) is 30.4. The zero-order chi connectivity index (χ0) is 31.1. The molecule has 0 aliphatic rings. The van der Waals surface area contributed by atoms with Gasteiger partial charge >= 0.3 is 11.9 Å². The fraction of sp³-hybridized carbons (Fsp3) is 0.944. The first-order chi connectivity index (χ1) is 20.4. The highest BCUT2D eigenvalue weighted by molar-refractivity contribution is 5.69. The minimum absolute atomic E-state index is 0.203. The molecule has 0 saturated heterocycles. The summed E-state index contributed by atoms with van der Waals surface area (Å²) in [5, 5.41) is 30.0. The summed E-state index contributed by atoms with van der Waals surface area (Å²) in [7, 11) is 0. The molecule has 0 aliphatic heterocycles. The lowest BCUT2D eigenvalue weighted by atomic mass is 9.97. The number of aliphatic hydroxyl groups excluding tert-OH is 2. The number of carboxylic acid groups (broad SMARTS) is 1. The Bertz CT molecular complexity index is 595. The lowest BCUT2D eigenvalue weighted by Crippen LogP contribution is -2.34. The Morgan fingerprint density at radius 2 is 0.905 bits per heavy atom. The number of hydrogen-bond acceptors (Lipinski definition) is 5. The Balaban J connectivity index is 4.15. The van der Waals surface area contributed by atoms with E-state index >= 15 is 0 Å². The van der Waals surface area contributed by atoms with Crippen LogP contribution < -0.4 is 0 Å². The minimum Gasteiger partial charge on any atom is -0.481 e. The van der Waals surface area contributed by atoms with Crippen LogP contribution in [-0.4, -0.2) is 45.6 Å². The Morgan fingerprint density at radius 3 is 1.38 bits per heavy atom. The van der Waals surface area contributed by atoms with E-state index in [0.717, 1.165) is 70.6 Å². The maximum atomic E-state index is 12.6. The van der Waals surface area contributed by atoms with Gasteiger partial charge in [-0.25, -0.2) is 0 Å². The van der Waals surface area contributed by atoms with Gasteiger partial charge in [0.05, 0.1) is 12.2 Å². The molecule has 0 aromatic carbocycles. The number of carbonyl (C=O) groups is 2. The molecule has 250 valence electrons. The molecule has 0 rings (SSSR count). The number of aliphatic hydroxyl groups is 2. The first-order valence-corrected chi connectivity index (χ1v) is 18.2. The molecule has 0 aromatic rings. The average Bonchev–Trinajstić information content (AvgIpc) is 2.96. The zero-order valence-corrected chi connectivity index (χ0v) is 27.8. The second-order valence-electron chi connectivity index (χ2n) is 12.7. The summed E-state index contributed by atoms with van der Waals surface area (Å²) >= 11 is 0. The van der Waals surface area contributed by atoms with Gasteiger partial charge in [0.15, 0.2) is 0 Å². The van der Waals surface area contributed by atoms with Crippen molar-refractivity contribution in [2.45, 2.75) is 218 Å². The number of unbranched alkanes of at least 4 members (excludes halogenated alkanes) is 21. The Labute approximate surface area is 259 Å². The third-order valence-corrected chi connectivity index (χ3v) is 8.48. The largest absolute Gasteiger partial charge is 0.481 e. The first kappa shape index (κ1) is 40.9. The molecule has 3 atom stereocenters. The number of aliphatic carboxylic acids is 1. The molecular formula is C36H70O6. The number of carbonyl (C=O) groups excluding carboxylic acids is 1. The van der Waals surface area contributed by atoms with Gasteiger partial charge < -0.3 is 20.1 Å². The van der Waals surface area contributed by atoms with Gasteiger partial charge in [0.25, 0.3) is 0 Å². The van der Waals surface area contributed by atoms with Gasteiger partial charge in [-0.2, -0.15) is 0 Å². The zero-order valence-electron chi connectivity index (χ0n) is 27.8. The molecule has 3 N–H and O–H groups in total. The third kappa shape index (κ3) is 29.0. The summed E-state index contributed by atoms with van der Waals surface area (Å²) in [5.41, 5.74) is 0. The first-order valence-electron chi connectivity index (χ1n) is 18.2. The fourth-order valence-electron chi connectivity index (χ4n) is 5.71. The normalized spacial score (nSPS) is 13.6. The molecule has 6 heteroatoms. The fourth-order valence-corrected chi connectivity index (χ4v) is 5.71. The number of hydrogen-bond donors (Lipinski definition) is 3. The van der Waals surface area contributed by atoms with Crippen LogP contribution in [0.25, 0.3) is 0 Å². The van der Waals surface area contributed by atoms with Gasteiger partial charge in [0.1, 0.15) is 6.10 Å². The summed E-state index contributed by atoms with van der Waals surface area (Å²) in [5.74, 6) is -1.000. The Morgan fingerprint density at radius 1 is 0.524 bits per heavy atom. The van der Waals surface area contributed by atoms with E-state index in [1.54, 1.807) is 0 Å². The van der Waals surface area contributed by atoms with Crippen molar-refractivity contribution in [2.24, 2.45) is 0 Å². The van der Waals surface area contributed by atoms with Crippen LogP contribution in [0.5, 0.6) is 0 Å². The van der Waals surface area contributed by atoms with Gasteiger partial charge in [0.2, 0.25) is 0 Å². The highest BCUT2D eigenvalue weighted by Crippen LogP contribution is 2.20. The van der Waals surface area contributed by atoms with E-state index in [1.807, 2.05) is 0 Å². The van der Waals surface area contributed by atoms with Crippen LogP contribution in [0, 0.1) is 0 Å². The van der Waals surface area contributed by atoms with Crippen LogP contribution in [0.2, 0.25) is 0 Å². The lowest BCUT2D eigenvalue weighted by molar-refractivity contribution is -0.157. The van der Waals surface area contributed by atoms with Crippen molar-refractivity contribution in [2.75, 3.05) is 0 Å². The molecule has 42 heavy (non-hydrogen) atoms. The molecule has 0 aromatic heterocycles. The SMILES string of the molecule is CCCCCCCCCCCCCCCCCC(=O)OC(CCCCCCCC(=O)O)C(O)CC(O)CCCCCC. The molecule has 0 bridgehead atoms. The quantitative estimate of drug-likeness (QED) is 0.0513. The number of rotatable bonds is 33. The summed E-state index contributed by atoms with van der Waals surface area (Å²) in [6.07, 6.45) is 27.9. The predicted molar refractivity (Wildman–Crippen MR) is 175 cm³/mol. The van der Waals surface area contributed by atoms with E-state index in [9.17, 15) is 19.8 Å². The van der Waals surface area contributed by atoms with E-state index in [0.29, 0.717) is 25.7 Å². The summed E-state index contributed by atoms with van der Waals surface area (Å²) in [6, 6.07) is 0. The topological polar surface area (TPSA) is 104 Å². The maximum absolute atomic E-state index is 12.6. The van der Waals surface area contributed by atoms with Crippen molar-refractivity contribution in [1.29, 1.82) is 0 Å². The van der Waals surface area contributed by atoms with E-state index in [-0.39, 0.29) is 18.8 Å². The van der Waals surface area contributed by atoms with Crippen LogP contribution in [0.4, 0.5) is 0 Å². The average molecular weight is 599 g/mol. The van der Waals surface area contributed by atoms with Crippen LogP contribution in [0.1, 0.15) is 200 Å². The second kappa shape index (κ2) is 31.3. The summed E-state index contributed by atoms with van der Waals surface area (Å²) in [4.78, 5) is 23.3. The molecule has 0 aliphatic carbocycles. The smallest absolute Gasteiger partial charge is 0.306 e. The second-order valence-corrected chi connectivity index (χ2v) is 12.7. The van der Waals surface area contributed by atoms with Crippen LogP contribution >= 0.6 is 0 Å². The monoisotopic (exact) mass is 599 g/mol. The highest BCUT2D eigenvalue weighted by atomic mass is 16.6. The molecule has 0 saturated carbocycles. The van der Waals surface area contributed by atoms with Crippen LogP contribution in [0.15, 0.2) is 0 Å². The summed E-state index contributed by atoms with van der Waals surface area (Å²) < 4.78 is 5.76. The molecule has 6 nitrogen and oxygen atoms in total. The molecular weight excluding hydrogens is 528 g/mol. The van der Waals surface area contributed by atoms with Crippen molar-refractivity contribution in [3.05, 3.63) is 0 Å². The van der Waals surface area contributed by atoms with E-state index in [4.69, 9.17) is 9.84 Å². The number of carboxylic acids is 1. The predicted octanol–water partition coefficient (Wildman–Crippen LogP) is 10.1.